The Balaban J connectivity index is 2.31. The normalized spacial score (nSPS) is 11.9. The Hall–Kier alpha value is -2.33. The number of benzene rings is 2. The molecule has 3 nitrogen and oxygen atoms in total. The lowest BCUT2D eigenvalue weighted by atomic mass is 10.1. The van der Waals surface area contributed by atoms with Crippen molar-refractivity contribution in [2.24, 2.45) is 0 Å². The maximum Gasteiger partial charge on any atom is 0.333 e. The highest BCUT2D eigenvalue weighted by Gasteiger charge is 2.27. The molecule has 2 aromatic rings. The molecule has 0 aliphatic carbocycles. The third kappa shape index (κ3) is 4.58. The van der Waals surface area contributed by atoms with Crippen LogP contribution in [0, 0.1) is 0 Å². The van der Waals surface area contributed by atoms with Gasteiger partial charge in [-0.15, -0.1) is 0 Å². The Bertz CT molecular complexity index is 703. The van der Waals surface area contributed by atoms with Gasteiger partial charge >= 0.3 is 5.97 Å². The number of methoxy groups -OCH3 is 2. The average Bonchev–Trinajstić information content (AvgIpc) is 2.61. The van der Waals surface area contributed by atoms with Crippen molar-refractivity contribution in [2.75, 3.05) is 14.2 Å². The number of carbonyl (C=O) groups is 1. The van der Waals surface area contributed by atoms with E-state index in [-0.39, 0.29) is 5.97 Å². The summed E-state index contributed by atoms with van der Waals surface area (Å²) in [6.07, 6.45) is 1.92. The van der Waals surface area contributed by atoms with E-state index in [4.69, 9.17) is 9.47 Å². The maximum absolute atomic E-state index is 12.3. The molecule has 2 rings (SSSR count). The fourth-order valence-corrected chi connectivity index (χ4v) is 5.18. The monoisotopic (exact) mass is 340 g/mol. The fourth-order valence-electron chi connectivity index (χ4n) is 2.68. The van der Waals surface area contributed by atoms with E-state index < -0.39 is 8.07 Å². The third-order valence-electron chi connectivity index (χ3n) is 4.09. The maximum atomic E-state index is 12.3. The van der Waals surface area contributed by atoms with Crippen LogP contribution in [0.4, 0.5) is 0 Å². The lowest BCUT2D eigenvalue weighted by molar-refractivity contribution is -0.135. The Morgan fingerprint density at radius 3 is 2.17 bits per heavy atom. The van der Waals surface area contributed by atoms with Gasteiger partial charge in [0.1, 0.15) is 5.75 Å². The minimum absolute atomic E-state index is 0.262. The number of esters is 1. The first-order valence-corrected chi connectivity index (χ1v) is 11.2. The molecule has 0 saturated heterocycles. The second-order valence-electron chi connectivity index (χ2n) is 6.36. The Morgan fingerprint density at radius 2 is 1.62 bits per heavy atom. The van der Waals surface area contributed by atoms with E-state index in [0.717, 1.165) is 17.4 Å². The van der Waals surface area contributed by atoms with Gasteiger partial charge in [0, 0.05) is 5.57 Å². The van der Waals surface area contributed by atoms with Gasteiger partial charge in [-0.3, -0.25) is 0 Å². The molecular weight excluding hydrogens is 316 g/mol. The van der Waals surface area contributed by atoms with Crippen molar-refractivity contribution in [3.63, 3.8) is 0 Å². The number of ether oxygens (including phenoxy) is 2. The van der Waals surface area contributed by atoms with Crippen molar-refractivity contribution in [2.45, 2.75) is 19.1 Å². The van der Waals surface area contributed by atoms with Crippen LogP contribution in [-0.2, 0) is 9.53 Å². The minimum Gasteiger partial charge on any atom is -0.497 e. The van der Waals surface area contributed by atoms with Gasteiger partial charge in [-0.05, 0) is 29.8 Å². The van der Waals surface area contributed by atoms with Crippen LogP contribution < -0.4 is 9.92 Å². The highest BCUT2D eigenvalue weighted by Crippen LogP contribution is 2.22. The van der Waals surface area contributed by atoms with Gasteiger partial charge in [-0.1, -0.05) is 60.7 Å². The first kappa shape index (κ1) is 18.0. The van der Waals surface area contributed by atoms with E-state index in [1.807, 2.05) is 36.4 Å². The van der Waals surface area contributed by atoms with E-state index in [2.05, 4.69) is 37.4 Å². The summed E-state index contributed by atoms with van der Waals surface area (Å²) >= 11 is 0. The molecular formula is C20H24O3Si. The average molecular weight is 340 g/mol. The van der Waals surface area contributed by atoms with Crippen molar-refractivity contribution >= 4 is 25.3 Å². The third-order valence-corrected chi connectivity index (χ3v) is 7.25. The number of hydrogen-bond donors (Lipinski definition) is 0. The smallest absolute Gasteiger partial charge is 0.333 e. The van der Waals surface area contributed by atoms with E-state index in [1.165, 1.54) is 12.3 Å². The lowest BCUT2D eigenvalue weighted by Crippen LogP contribution is -2.42. The van der Waals surface area contributed by atoms with Gasteiger partial charge < -0.3 is 9.47 Å². The summed E-state index contributed by atoms with van der Waals surface area (Å²) in [7, 11) is 1.28. The molecule has 0 bridgehead atoms. The van der Waals surface area contributed by atoms with Crippen LogP contribution >= 0.6 is 0 Å². The highest BCUT2D eigenvalue weighted by molar-refractivity contribution is 6.90. The fraction of sp³-hybridized carbons (Fsp3) is 0.250. The van der Waals surface area contributed by atoms with Crippen LogP contribution in [0.3, 0.4) is 0 Å². The molecule has 0 aliphatic heterocycles. The van der Waals surface area contributed by atoms with Gasteiger partial charge in [-0.2, -0.15) is 0 Å². The predicted molar refractivity (Wildman–Crippen MR) is 101 cm³/mol. The molecule has 0 aliphatic rings. The van der Waals surface area contributed by atoms with Crippen molar-refractivity contribution in [1.82, 2.24) is 0 Å². The van der Waals surface area contributed by atoms with Gasteiger partial charge in [0.25, 0.3) is 0 Å². The van der Waals surface area contributed by atoms with Crippen molar-refractivity contribution in [3.05, 3.63) is 65.7 Å². The van der Waals surface area contributed by atoms with Crippen LogP contribution in [0.5, 0.6) is 5.75 Å². The minimum atomic E-state index is -1.79. The number of hydrogen-bond acceptors (Lipinski definition) is 3. The SMILES string of the molecule is COC(=O)/C(=C\c1ccc(OC)cc1)C[Si](C)(C)c1ccccc1. The van der Waals surface area contributed by atoms with Crippen molar-refractivity contribution in [3.8, 4) is 5.75 Å². The van der Waals surface area contributed by atoms with Gasteiger partial charge in [0.15, 0.2) is 0 Å². The summed E-state index contributed by atoms with van der Waals surface area (Å²) < 4.78 is 10.2. The summed E-state index contributed by atoms with van der Waals surface area (Å²) in [6, 6.07) is 18.8. The first-order chi connectivity index (χ1) is 11.5. The van der Waals surface area contributed by atoms with Crippen LogP contribution in [-0.4, -0.2) is 28.3 Å². The van der Waals surface area contributed by atoms with Crippen LogP contribution in [0.2, 0.25) is 19.1 Å². The van der Waals surface area contributed by atoms with E-state index in [1.54, 1.807) is 7.11 Å². The summed E-state index contributed by atoms with van der Waals surface area (Å²) in [5.41, 5.74) is 1.68. The standard InChI is InChI=1S/C20H24O3Si/c1-22-18-12-10-16(11-13-18)14-17(20(21)23-2)15-24(3,4)19-8-6-5-7-9-19/h5-14H,15H2,1-4H3/b17-14-. The molecule has 0 fully saturated rings. The summed E-state index contributed by atoms with van der Waals surface area (Å²) in [5.74, 6) is 0.535. The Kier molecular flexibility index (Phi) is 5.98. The zero-order valence-electron chi connectivity index (χ0n) is 14.7. The number of carbonyl (C=O) groups excluding carboxylic acids is 1. The Labute approximate surface area is 144 Å². The summed E-state index contributed by atoms with van der Waals surface area (Å²) in [6.45, 7) is 4.54. The lowest BCUT2D eigenvalue weighted by Gasteiger charge is -2.23. The summed E-state index contributed by atoms with van der Waals surface area (Å²) in [4.78, 5) is 12.3. The molecule has 0 heterocycles. The van der Waals surface area contributed by atoms with E-state index >= 15 is 0 Å². The second kappa shape index (κ2) is 7.97. The molecule has 0 amide bonds. The molecule has 4 heteroatoms. The van der Waals surface area contributed by atoms with E-state index in [9.17, 15) is 4.79 Å². The molecule has 126 valence electrons. The molecule has 0 unspecified atom stereocenters. The molecule has 0 atom stereocenters. The van der Waals surface area contributed by atoms with E-state index in [0.29, 0.717) is 5.57 Å². The molecule has 0 N–H and O–H groups in total. The first-order valence-electron chi connectivity index (χ1n) is 7.95. The van der Waals surface area contributed by atoms with Crippen LogP contribution in [0.15, 0.2) is 60.2 Å². The highest BCUT2D eigenvalue weighted by atomic mass is 28.3. The topological polar surface area (TPSA) is 35.5 Å². The molecule has 0 aromatic heterocycles. The quantitative estimate of drug-likeness (QED) is 0.455. The summed E-state index contributed by atoms with van der Waals surface area (Å²) in [5, 5.41) is 1.33. The van der Waals surface area contributed by atoms with Gasteiger partial charge in [0.05, 0.1) is 22.3 Å². The zero-order chi connectivity index (χ0) is 17.6. The second-order valence-corrected chi connectivity index (χ2v) is 11.1. The molecule has 2 aromatic carbocycles. The van der Waals surface area contributed by atoms with Crippen LogP contribution in [0.25, 0.3) is 6.08 Å². The Morgan fingerprint density at radius 1 is 1.00 bits per heavy atom. The van der Waals surface area contributed by atoms with Gasteiger partial charge in [-0.25, -0.2) is 4.79 Å². The number of rotatable bonds is 6. The zero-order valence-corrected chi connectivity index (χ0v) is 15.7. The molecule has 0 spiro atoms. The predicted octanol–water partition coefficient (Wildman–Crippen LogP) is 3.87. The van der Waals surface area contributed by atoms with Crippen LogP contribution in [0.1, 0.15) is 5.56 Å². The van der Waals surface area contributed by atoms with Crippen molar-refractivity contribution in [1.29, 1.82) is 0 Å². The molecule has 0 saturated carbocycles. The molecule has 0 radical (unpaired) electrons. The largest absolute Gasteiger partial charge is 0.497 e. The van der Waals surface area contributed by atoms with Gasteiger partial charge in [0.2, 0.25) is 0 Å². The molecule has 24 heavy (non-hydrogen) atoms. The van der Waals surface area contributed by atoms with Crippen molar-refractivity contribution < 1.29 is 14.3 Å².